The van der Waals surface area contributed by atoms with Crippen LogP contribution in [-0.4, -0.2) is 54.2 Å². The Morgan fingerprint density at radius 2 is 1.83 bits per heavy atom. The standard InChI is InChI=1S/C12H25N3O3/c1-4-7-10(11(16)17)14-12(18)13-8-9-15(5-2)6-3/h10H,4-9H2,1-3H3,(H,16,17)(H2,13,14,18)/t10-/m1/s1. The maximum Gasteiger partial charge on any atom is 0.326 e. The summed E-state index contributed by atoms with van der Waals surface area (Å²) < 4.78 is 0. The Morgan fingerprint density at radius 3 is 2.28 bits per heavy atom. The van der Waals surface area contributed by atoms with Crippen LogP contribution in [0.2, 0.25) is 0 Å². The van der Waals surface area contributed by atoms with Gasteiger partial charge in [0.25, 0.3) is 0 Å². The second-order valence-electron chi connectivity index (χ2n) is 4.11. The number of hydrogen-bond donors (Lipinski definition) is 3. The van der Waals surface area contributed by atoms with Crippen molar-refractivity contribution in [3.63, 3.8) is 0 Å². The minimum Gasteiger partial charge on any atom is -0.480 e. The molecule has 2 amide bonds. The zero-order valence-electron chi connectivity index (χ0n) is 11.5. The molecule has 0 aromatic carbocycles. The van der Waals surface area contributed by atoms with E-state index in [4.69, 9.17) is 5.11 Å². The molecule has 0 unspecified atom stereocenters. The van der Waals surface area contributed by atoms with Crippen molar-refractivity contribution in [2.75, 3.05) is 26.2 Å². The van der Waals surface area contributed by atoms with Gasteiger partial charge in [0.1, 0.15) is 6.04 Å². The van der Waals surface area contributed by atoms with Crippen molar-refractivity contribution in [1.29, 1.82) is 0 Å². The summed E-state index contributed by atoms with van der Waals surface area (Å²) in [4.78, 5) is 24.5. The number of rotatable bonds is 9. The van der Waals surface area contributed by atoms with Gasteiger partial charge in [0.15, 0.2) is 0 Å². The molecular formula is C12H25N3O3. The first-order valence-electron chi connectivity index (χ1n) is 6.54. The quantitative estimate of drug-likeness (QED) is 0.574. The molecule has 6 heteroatoms. The van der Waals surface area contributed by atoms with Crippen molar-refractivity contribution in [1.82, 2.24) is 15.5 Å². The number of likely N-dealkylation sites (N-methyl/N-ethyl adjacent to an activating group) is 1. The van der Waals surface area contributed by atoms with E-state index in [1.54, 1.807) is 0 Å². The Morgan fingerprint density at radius 1 is 1.22 bits per heavy atom. The topological polar surface area (TPSA) is 81.7 Å². The summed E-state index contributed by atoms with van der Waals surface area (Å²) in [7, 11) is 0. The molecule has 0 fully saturated rings. The number of hydrogen-bond acceptors (Lipinski definition) is 3. The highest BCUT2D eigenvalue weighted by atomic mass is 16.4. The Labute approximate surface area is 109 Å². The Hall–Kier alpha value is -1.30. The molecule has 0 heterocycles. The van der Waals surface area contributed by atoms with E-state index >= 15 is 0 Å². The van der Waals surface area contributed by atoms with Gasteiger partial charge in [-0.2, -0.15) is 0 Å². The Balaban J connectivity index is 3.91. The number of nitrogens with zero attached hydrogens (tertiary/aromatic N) is 1. The number of carbonyl (C=O) groups excluding carboxylic acids is 1. The van der Waals surface area contributed by atoms with Crippen molar-refractivity contribution < 1.29 is 14.7 Å². The van der Waals surface area contributed by atoms with Gasteiger partial charge in [0.05, 0.1) is 0 Å². The van der Waals surface area contributed by atoms with Crippen molar-refractivity contribution >= 4 is 12.0 Å². The molecule has 106 valence electrons. The van der Waals surface area contributed by atoms with E-state index in [9.17, 15) is 9.59 Å². The van der Waals surface area contributed by atoms with Crippen LogP contribution in [-0.2, 0) is 4.79 Å². The molecule has 0 saturated carbocycles. The zero-order chi connectivity index (χ0) is 14.0. The van der Waals surface area contributed by atoms with Crippen LogP contribution in [0, 0.1) is 0 Å². The Kier molecular flexibility index (Phi) is 9.00. The predicted octanol–water partition coefficient (Wildman–Crippen LogP) is 0.881. The summed E-state index contributed by atoms with van der Waals surface area (Å²) >= 11 is 0. The number of carboxylic acids is 1. The highest BCUT2D eigenvalue weighted by molar-refractivity contribution is 5.82. The molecule has 0 rings (SSSR count). The minimum absolute atomic E-state index is 0.414. The van der Waals surface area contributed by atoms with E-state index in [1.807, 2.05) is 6.92 Å². The molecule has 0 radical (unpaired) electrons. The van der Waals surface area contributed by atoms with Gasteiger partial charge in [-0.25, -0.2) is 9.59 Å². The van der Waals surface area contributed by atoms with Gasteiger partial charge in [0.2, 0.25) is 0 Å². The van der Waals surface area contributed by atoms with Gasteiger partial charge < -0.3 is 20.6 Å². The molecule has 0 spiro atoms. The first kappa shape index (κ1) is 16.7. The smallest absolute Gasteiger partial charge is 0.326 e. The molecule has 0 aliphatic rings. The third-order valence-corrected chi connectivity index (χ3v) is 2.79. The normalized spacial score (nSPS) is 12.2. The molecular weight excluding hydrogens is 234 g/mol. The molecule has 18 heavy (non-hydrogen) atoms. The van der Waals surface area contributed by atoms with Crippen molar-refractivity contribution in [2.45, 2.75) is 39.7 Å². The summed E-state index contributed by atoms with van der Waals surface area (Å²) in [6.45, 7) is 9.17. The monoisotopic (exact) mass is 259 g/mol. The predicted molar refractivity (Wildman–Crippen MR) is 70.7 cm³/mol. The highest BCUT2D eigenvalue weighted by Gasteiger charge is 2.18. The third kappa shape index (κ3) is 7.11. The first-order valence-corrected chi connectivity index (χ1v) is 6.54. The summed E-state index contributed by atoms with van der Waals surface area (Å²) in [5.41, 5.74) is 0. The van der Waals surface area contributed by atoms with Crippen molar-refractivity contribution in [3.8, 4) is 0 Å². The maximum atomic E-state index is 11.5. The van der Waals surface area contributed by atoms with Crippen molar-refractivity contribution in [2.24, 2.45) is 0 Å². The van der Waals surface area contributed by atoms with Crippen LogP contribution in [0.1, 0.15) is 33.6 Å². The van der Waals surface area contributed by atoms with Crippen LogP contribution in [0.15, 0.2) is 0 Å². The molecule has 0 aliphatic heterocycles. The zero-order valence-corrected chi connectivity index (χ0v) is 11.5. The number of nitrogens with one attached hydrogen (secondary N) is 2. The van der Waals surface area contributed by atoms with Crippen molar-refractivity contribution in [3.05, 3.63) is 0 Å². The molecule has 6 nitrogen and oxygen atoms in total. The summed E-state index contributed by atoms with van der Waals surface area (Å²) in [5, 5.41) is 14.0. The lowest BCUT2D eigenvalue weighted by molar-refractivity contribution is -0.139. The summed E-state index contributed by atoms with van der Waals surface area (Å²) in [5.74, 6) is -0.990. The largest absolute Gasteiger partial charge is 0.480 e. The lowest BCUT2D eigenvalue weighted by atomic mass is 10.2. The van der Waals surface area contributed by atoms with E-state index < -0.39 is 18.0 Å². The van der Waals surface area contributed by atoms with Gasteiger partial charge in [0, 0.05) is 13.1 Å². The van der Waals surface area contributed by atoms with Crippen LogP contribution >= 0.6 is 0 Å². The lowest BCUT2D eigenvalue weighted by Gasteiger charge is -2.19. The number of carbonyl (C=O) groups is 2. The molecule has 0 aromatic rings. The Bertz CT molecular complexity index is 255. The number of amides is 2. The fraction of sp³-hybridized carbons (Fsp3) is 0.833. The van der Waals surface area contributed by atoms with Gasteiger partial charge in [-0.05, 0) is 19.5 Å². The molecule has 0 saturated heterocycles. The average molecular weight is 259 g/mol. The van der Waals surface area contributed by atoms with E-state index in [0.29, 0.717) is 13.0 Å². The van der Waals surface area contributed by atoms with Gasteiger partial charge in [-0.3, -0.25) is 0 Å². The molecule has 1 atom stereocenters. The third-order valence-electron chi connectivity index (χ3n) is 2.79. The van der Waals surface area contributed by atoms with Gasteiger partial charge in [-0.1, -0.05) is 27.2 Å². The van der Waals surface area contributed by atoms with E-state index in [0.717, 1.165) is 26.1 Å². The van der Waals surface area contributed by atoms with E-state index in [2.05, 4.69) is 29.4 Å². The van der Waals surface area contributed by atoms with Gasteiger partial charge in [-0.15, -0.1) is 0 Å². The highest BCUT2D eigenvalue weighted by Crippen LogP contribution is 1.96. The first-order chi connectivity index (χ1) is 8.54. The van der Waals surface area contributed by atoms with Crippen LogP contribution in [0.25, 0.3) is 0 Å². The number of aliphatic carboxylic acids is 1. The van der Waals surface area contributed by atoms with E-state index in [-0.39, 0.29) is 0 Å². The second kappa shape index (κ2) is 9.70. The summed E-state index contributed by atoms with van der Waals surface area (Å²) in [6.07, 6.45) is 1.16. The molecule has 0 aliphatic carbocycles. The second-order valence-corrected chi connectivity index (χ2v) is 4.11. The minimum atomic E-state index is -0.990. The molecule has 0 aromatic heterocycles. The van der Waals surface area contributed by atoms with Crippen LogP contribution in [0.3, 0.4) is 0 Å². The molecule has 3 N–H and O–H groups in total. The SMILES string of the molecule is CCC[C@@H](NC(=O)NCCN(CC)CC)C(=O)O. The number of urea groups is 1. The average Bonchev–Trinajstić information content (AvgIpc) is 2.34. The fourth-order valence-electron chi connectivity index (χ4n) is 1.62. The van der Waals surface area contributed by atoms with Crippen LogP contribution in [0.4, 0.5) is 4.79 Å². The number of carboxylic acid groups (broad SMARTS) is 1. The van der Waals surface area contributed by atoms with E-state index in [1.165, 1.54) is 0 Å². The molecule has 0 bridgehead atoms. The van der Waals surface area contributed by atoms with Crippen LogP contribution < -0.4 is 10.6 Å². The fourth-order valence-corrected chi connectivity index (χ4v) is 1.62. The van der Waals surface area contributed by atoms with Gasteiger partial charge >= 0.3 is 12.0 Å². The summed E-state index contributed by atoms with van der Waals surface area (Å²) in [6, 6.07) is -1.22. The lowest BCUT2D eigenvalue weighted by Crippen LogP contribution is -2.47. The van der Waals surface area contributed by atoms with Crippen LogP contribution in [0.5, 0.6) is 0 Å². The maximum absolute atomic E-state index is 11.5.